The molecule has 4 nitrogen and oxygen atoms in total. The van der Waals surface area contributed by atoms with E-state index in [1.54, 1.807) is 0 Å². The van der Waals surface area contributed by atoms with Gasteiger partial charge in [0.2, 0.25) is 0 Å². The lowest BCUT2D eigenvalue weighted by molar-refractivity contribution is 0.102. The highest BCUT2D eigenvalue weighted by molar-refractivity contribution is 6.06. The molecule has 0 saturated carbocycles. The first-order chi connectivity index (χ1) is 12.2. The van der Waals surface area contributed by atoms with Crippen molar-refractivity contribution >= 4 is 22.6 Å². The molecule has 0 aliphatic rings. The quantitative estimate of drug-likeness (QED) is 0.568. The van der Waals surface area contributed by atoms with Crippen LogP contribution < -0.4 is 5.32 Å². The average molecular weight is 327 g/mol. The normalized spacial score (nSPS) is 10.8. The number of carbonyl (C=O) groups is 1. The van der Waals surface area contributed by atoms with Crippen LogP contribution in [-0.4, -0.2) is 15.9 Å². The Hall–Kier alpha value is -3.40. The molecule has 0 bridgehead atoms. The van der Waals surface area contributed by atoms with Crippen LogP contribution >= 0.6 is 0 Å². The zero-order valence-corrected chi connectivity index (χ0v) is 13.8. The number of benzene rings is 3. The Morgan fingerprint density at radius 3 is 2.60 bits per heavy atom. The molecule has 0 spiro atoms. The Morgan fingerprint density at radius 1 is 0.960 bits per heavy atom. The third-order valence-corrected chi connectivity index (χ3v) is 4.10. The summed E-state index contributed by atoms with van der Waals surface area (Å²) in [5.41, 5.74) is 5.15. The summed E-state index contributed by atoms with van der Waals surface area (Å²) in [5.74, 6) is 0.605. The van der Waals surface area contributed by atoms with Crippen molar-refractivity contribution in [2.24, 2.45) is 0 Å². The summed E-state index contributed by atoms with van der Waals surface area (Å²) in [4.78, 5) is 20.5. The first-order valence-electron chi connectivity index (χ1n) is 8.13. The monoisotopic (exact) mass is 327 g/mol. The molecule has 0 atom stereocenters. The van der Waals surface area contributed by atoms with Gasteiger partial charge < -0.3 is 10.3 Å². The summed E-state index contributed by atoms with van der Waals surface area (Å²) in [6, 6.07) is 23.1. The molecule has 1 heterocycles. The Morgan fingerprint density at radius 2 is 1.76 bits per heavy atom. The van der Waals surface area contributed by atoms with Gasteiger partial charge in [-0.2, -0.15) is 0 Å². The zero-order valence-electron chi connectivity index (χ0n) is 13.8. The van der Waals surface area contributed by atoms with Crippen LogP contribution in [0.2, 0.25) is 0 Å². The molecular formula is C21H17N3O. The fraction of sp³-hybridized carbons (Fsp3) is 0.0476. The van der Waals surface area contributed by atoms with Gasteiger partial charge in [-0.05, 0) is 43.3 Å². The number of aryl methyl sites for hydroxylation is 1. The lowest BCUT2D eigenvalue weighted by Crippen LogP contribution is -2.12. The number of aromatic amines is 1. The summed E-state index contributed by atoms with van der Waals surface area (Å²) in [7, 11) is 0. The molecule has 0 saturated heterocycles. The molecule has 1 amide bonds. The third kappa shape index (κ3) is 3.02. The number of H-pyrrole nitrogens is 1. The first-order valence-corrected chi connectivity index (χ1v) is 8.13. The van der Waals surface area contributed by atoms with Gasteiger partial charge in [0, 0.05) is 11.1 Å². The van der Waals surface area contributed by atoms with E-state index in [-0.39, 0.29) is 5.91 Å². The van der Waals surface area contributed by atoms with Gasteiger partial charge in [-0.3, -0.25) is 4.79 Å². The van der Waals surface area contributed by atoms with Crippen LogP contribution in [0.3, 0.4) is 0 Å². The Bertz CT molecular complexity index is 1030. The third-order valence-electron chi connectivity index (χ3n) is 4.10. The molecule has 25 heavy (non-hydrogen) atoms. The van der Waals surface area contributed by atoms with Crippen LogP contribution in [0.5, 0.6) is 0 Å². The Balaban J connectivity index is 1.70. The molecular weight excluding hydrogens is 310 g/mol. The minimum atomic E-state index is -0.132. The van der Waals surface area contributed by atoms with E-state index >= 15 is 0 Å². The number of rotatable bonds is 3. The van der Waals surface area contributed by atoms with Gasteiger partial charge in [0.15, 0.2) is 0 Å². The first kappa shape index (κ1) is 15.1. The van der Waals surface area contributed by atoms with Gasteiger partial charge in [-0.15, -0.1) is 0 Å². The molecule has 1 aromatic heterocycles. The van der Waals surface area contributed by atoms with Crippen LogP contribution in [0.1, 0.15) is 15.9 Å². The summed E-state index contributed by atoms with van der Waals surface area (Å²) in [5, 5.41) is 3.00. The van der Waals surface area contributed by atoms with Gasteiger partial charge in [0.05, 0.1) is 16.7 Å². The fourth-order valence-electron chi connectivity index (χ4n) is 2.86. The summed E-state index contributed by atoms with van der Waals surface area (Å²) < 4.78 is 0. The molecule has 4 aromatic rings. The summed E-state index contributed by atoms with van der Waals surface area (Å²) in [6.45, 7) is 1.97. The average Bonchev–Trinajstić information content (AvgIpc) is 3.06. The summed E-state index contributed by atoms with van der Waals surface area (Å²) in [6.07, 6.45) is 0. The number of para-hydroxylation sites is 3. The second-order valence-electron chi connectivity index (χ2n) is 5.97. The lowest BCUT2D eigenvalue weighted by atomic mass is 10.1. The molecule has 122 valence electrons. The second-order valence-corrected chi connectivity index (χ2v) is 5.97. The van der Waals surface area contributed by atoms with Crippen molar-refractivity contribution < 1.29 is 4.79 Å². The molecule has 2 N–H and O–H groups in total. The topological polar surface area (TPSA) is 57.8 Å². The van der Waals surface area contributed by atoms with E-state index in [1.165, 1.54) is 0 Å². The molecule has 0 unspecified atom stereocenters. The maximum atomic E-state index is 12.6. The molecule has 0 fully saturated rings. The fourth-order valence-corrected chi connectivity index (χ4v) is 2.86. The number of fused-ring (bicyclic) bond motifs is 1. The van der Waals surface area contributed by atoms with E-state index in [1.807, 2.05) is 79.7 Å². The minimum Gasteiger partial charge on any atom is -0.338 e. The van der Waals surface area contributed by atoms with E-state index < -0.39 is 0 Å². The number of aromatic nitrogens is 2. The van der Waals surface area contributed by atoms with Crippen LogP contribution in [-0.2, 0) is 0 Å². The van der Waals surface area contributed by atoms with Crippen LogP contribution in [0, 0.1) is 6.92 Å². The van der Waals surface area contributed by atoms with Crippen LogP contribution in [0.15, 0.2) is 72.8 Å². The van der Waals surface area contributed by atoms with E-state index in [4.69, 9.17) is 0 Å². The number of nitrogens with zero attached hydrogens (tertiary/aromatic N) is 1. The van der Waals surface area contributed by atoms with Crippen molar-refractivity contribution in [3.05, 3.63) is 83.9 Å². The van der Waals surface area contributed by atoms with Gasteiger partial charge in [-0.1, -0.05) is 42.0 Å². The van der Waals surface area contributed by atoms with Crippen molar-refractivity contribution in [2.75, 3.05) is 5.32 Å². The highest BCUT2D eigenvalue weighted by Crippen LogP contribution is 2.27. The molecule has 0 aliphatic heterocycles. The maximum Gasteiger partial charge on any atom is 0.255 e. The number of imidazole rings is 1. The number of hydrogen-bond acceptors (Lipinski definition) is 2. The number of anilines is 1. The van der Waals surface area contributed by atoms with Crippen molar-refractivity contribution in [3.8, 4) is 11.4 Å². The van der Waals surface area contributed by atoms with Crippen molar-refractivity contribution in [3.63, 3.8) is 0 Å². The molecule has 0 aliphatic carbocycles. The SMILES string of the molecule is Cc1cccc(C(=O)Nc2ccccc2-c2nc3ccccc3[nH]2)c1. The van der Waals surface area contributed by atoms with Crippen molar-refractivity contribution in [2.45, 2.75) is 6.92 Å². The van der Waals surface area contributed by atoms with Crippen LogP contribution in [0.4, 0.5) is 5.69 Å². The van der Waals surface area contributed by atoms with Gasteiger partial charge in [0.25, 0.3) is 5.91 Å². The van der Waals surface area contributed by atoms with E-state index in [0.717, 1.165) is 33.7 Å². The zero-order chi connectivity index (χ0) is 17.2. The van der Waals surface area contributed by atoms with Crippen LogP contribution in [0.25, 0.3) is 22.4 Å². The standard InChI is InChI=1S/C21H17N3O/c1-14-7-6-8-15(13-14)21(25)24-17-10-3-2-9-16(17)20-22-18-11-4-5-12-19(18)23-20/h2-13H,1H3,(H,22,23)(H,24,25). The molecule has 4 heteroatoms. The summed E-state index contributed by atoms with van der Waals surface area (Å²) >= 11 is 0. The number of hydrogen-bond donors (Lipinski definition) is 2. The van der Waals surface area contributed by atoms with Crippen molar-refractivity contribution in [1.29, 1.82) is 0 Å². The maximum absolute atomic E-state index is 12.6. The van der Waals surface area contributed by atoms with E-state index in [9.17, 15) is 4.79 Å². The number of nitrogens with one attached hydrogen (secondary N) is 2. The minimum absolute atomic E-state index is 0.132. The Labute approximate surface area is 145 Å². The largest absolute Gasteiger partial charge is 0.338 e. The molecule has 0 radical (unpaired) electrons. The predicted molar refractivity (Wildman–Crippen MR) is 101 cm³/mol. The highest BCUT2D eigenvalue weighted by atomic mass is 16.1. The van der Waals surface area contributed by atoms with Gasteiger partial charge >= 0.3 is 0 Å². The van der Waals surface area contributed by atoms with Crippen molar-refractivity contribution in [1.82, 2.24) is 9.97 Å². The van der Waals surface area contributed by atoms with E-state index in [0.29, 0.717) is 5.56 Å². The van der Waals surface area contributed by atoms with E-state index in [2.05, 4.69) is 15.3 Å². The second kappa shape index (κ2) is 6.24. The Kier molecular flexibility index (Phi) is 3.78. The lowest BCUT2D eigenvalue weighted by Gasteiger charge is -2.10. The smallest absolute Gasteiger partial charge is 0.255 e. The number of carbonyl (C=O) groups excluding carboxylic acids is 1. The number of amides is 1. The predicted octanol–water partition coefficient (Wildman–Crippen LogP) is 4.79. The van der Waals surface area contributed by atoms with Gasteiger partial charge in [-0.25, -0.2) is 4.98 Å². The molecule has 3 aromatic carbocycles. The van der Waals surface area contributed by atoms with Gasteiger partial charge in [0.1, 0.15) is 5.82 Å². The highest BCUT2D eigenvalue weighted by Gasteiger charge is 2.13. The molecule has 4 rings (SSSR count).